The van der Waals surface area contributed by atoms with Gasteiger partial charge in [-0.25, -0.2) is 0 Å². The van der Waals surface area contributed by atoms with Gasteiger partial charge in [0.2, 0.25) is 0 Å². The van der Waals surface area contributed by atoms with Gasteiger partial charge in [0.1, 0.15) is 0 Å². The molecule has 2 rings (SSSR count). The second-order valence-corrected chi connectivity index (χ2v) is 6.08. The number of rotatable bonds is 10. The highest BCUT2D eigenvalue weighted by Crippen LogP contribution is 2.14. The first-order chi connectivity index (χ1) is 12.8. The van der Waals surface area contributed by atoms with E-state index in [-0.39, 0.29) is 12.5 Å². The maximum Gasteiger partial charge on any atom is 0.191 e. The first-order valence-corrected chi connectivity index (χ1v) is 9.30. The van der Waals surface area contributed by atoms with Crippen molar-refractivity contribution in [2.75, 3.05) is 38.1 Å². The van der Waals surface area contributed by atoms with Crippen molar-refractivity contribution < 1.29 is 5.11 Å². The van der Waals surface area contributed by atoms with Gasteiger partial charge in [0.25, 0.3) is 0 Å². The van der Waals surface area contributed by atoms with E-state index in [1.165, 1.54) is 0 Å². The molecule has 0 saturated heterocycles. The lowest BCUT2D eigenvalue weighted by Crippen LogP contribution is -2.38. The summed E-state index contributed by atoms with van der Waals surface area (Å²) in [6, 6.07) is 20.2. The molecule has 0 spiro atoms. The van der Waals surface area contributed by atoms with Crippen molar-refractivity contribution in [2.24, 2.45) is 4.99 Å². The summed E-state index contributed by atoms with van der Waals surface area (Å²) in [5.74, 6) is 0.813. The average molecular weight is 354 g/mol. The van der Waals surface area contributed by atoms with Crippen LogP contribution in [0, 0.1) is 0 Å². The molecule has 0 radical (unpaired) electrons. The summed E-state index contributed by atoms with van der Waals surface area (Å²) in [7, 11) is 0. The Kier molecular flexibility index (Phi) is 9.08. The Labute approximate surface area is 156 Å². The molecule has 0 heterocycles. The fourth-order valence-corrected chi connectivity index (χ4v) is 2.62. The van der Waals surface area contributed by atoms with Crippen molar-refractivity contribution in [2.45, 2.75) is 19.3 Å². The standard InChI is InChI=1S/C21H30N4O/c1-2-22-21(24-15-9-14-23-20-12-7-4-8-13-20)25-16-19(17-26)18-10-5-3-6-11-18/h3-8,10-13,19,23,26H,2,9,14-17H2,1H3,(H2,22,24,25). The number of aliphatic hydroxyl groups excluding tert-OH is 1. The number of para-hydroxylation sites is 1. The van der Waals surface area contributed by atoms with Gasteiger partial charge in [0.15, 0.2) is 5.96 Å². The highest BCUT2D eigenvalue weighted by molar-refractivity contribution is 5.79. The first kappa shape index (κ1) is 19.8. The van der Waals surface area contributed by atoms with E-state index in [1.54, 1.807) is 0 Å². The Morgan fingerprint density at radius 1 is 0.962 bits per heavy atom. The Bertz CT molecular complexity index is 631. The molecule has 5 nitrogen and oxygen atoms in total. The topological polar surface area (TPSA) is 68.7 Å². The van der Waals surface area contributed by atoms with Gasteiger partial charge >= 0.3 is 0 Å². The highest BCUT2D eigenvalue weighted by atomic mass is 16.3. The molecule has 0 bridgehead atoms. The van der Waals surface area contributed by atoms with Gasteiger partial charge in [-0.1, -0.05) is 48.5 Å². The molecule has 2 aromatic rings. The van der Waals surface area contributed by atoms with Crippen LogP contribution in [0.15, 0.2) is 65.7 Å². The minimum absolute atomic E-state index is 0.0198. The number of hydrogen-bond acceptors (Lipinski definition) is 3. The number of benzene rings is 2. The molecule has 4 N–H and O–H groups in total. The van der Waals surface area contributed by atoms with E-state index in [4.69, 9.17) is 0 Å². The molecule has 26 heavy (non-hydrogen) atoms. The number of guanidine groups is 1. The second-order valence-electron chi connectivity index (χ2n) is 6.08. The molecule has 140 valence electrons. The van der Waals surface area contributed by atoms with E-state index < -0.39 is 0 Å². The third-order valence-corrected chi connectivity index (χ3v) is 4.05. The van der Waals surface area contributed by atoms with Crippen LogP contribution >= 0.6 is 0 Å². The number of aliphatic hydroxyl groups is 1. The monoisotopic (exact) mass is 354 g/mol. The van der Waals surface area contributed by atoms with Crippen molar-refractivity contribution in [3.63, 3.8) is 0 Å². The SMILES string of the molecule is CCNC(=NCC(CO)c1ccccc1)NCCCNc1ccccc1. The Balaban J connectivity index is 1.76. The van der Waals surface area contributed by atoms with Crippen molar-refractivity contribution in [1.29, 1.82) is 0 Å². The number of nitrogens with zero attached hydrogens (tertiary/aromatic N) is 1. The minimum Gasteiger partial charge on any atom is -0.396 e. The van der Waals surface area contributed by atoms with Crippen LogP contribution in [0.3, 0.4) is 0 Å². The van der Waals surface area contributed by atoms with Crippen molar-refractivity contribution in [3.8, 4) is 0 Å². The van der Waals surface area contributed by atoms with Crippen molar-refractivity contribution in [1.82, 2.24) is 10.6 Å². The van der Waals surface area contributed by atoms with E-state index in [9.17, 15) is 5.11 Å². The van der Waals surface area contributed by atoms with Crippen LogP contribution in [0.25, 0.3) is 0 Å². The summed E-state index contributed by atoms with van der Waals surface area (Å²) in [5.41, 5.74) is 2.25. The summed E-state index contributed by atoms with van der Waals surface area (Å²) in [6.45, 7) is 5.24. The summed E-state index contributed by atoms with van der Waals surface area (Å²) < 4.78 is 0. The fraction of sp³-hybridized carbons (Fsp3) is 0.381. The van der Waals surface area contributed by atoms with Gasteiger partial charge < -0.3 is 21.1 Å². The summed E-state index contributed by atoms with van der Waals surface area (Å²) in [6.07, 6.45) is 0.988. The lowest BCUT2D eigenvalue weighted by molar-refractivity contribution is 0.268. The molecule has 5 heteroatoms. The Morgan fingerprint density at radius 2 is 1.65 bits per heavy atom. The summed E-state index contributed by atoms with van der Waals surface area (Å²) in [5, 5.41) is 19.7. The molecule has 1 unspecified atom stereocenters. The molecule has 0 fully saturated rings. The first-order valence-electron chi connectivity index (χ1n) is 9.30. The quantitative estimate of drug-likeness (QED) is 0.301. The zero-order chi connectivity index (χ0) is 18.5. The molecule has 1 atom stereocenters. The van der Waals surface area contributed by atoms with Crippen LogP contribution in [0.1, 0.15) is 24.8 Å². The zero-order valence-corrected chi connectivity index (χ0v) is 15.5. The van der Waals surface area contributed by atoms with Crippen LogP contribution in [-0.4, -0.2) is 43.9 Å². The van der Waals surface area contributed by atoms with Crippen LogP contribution in [0.5, 0.6) is 0 Å². The number of nitrogens with one attached hydrogen (secondary N) is 3. The van der Waals surface area contributed by atoms with Gasteiger partial charge in [-0.15, -0.1) is 0 Å². The molecule has 0 aromatic heterocycles. The molecule has 0 aliphatic heterocycles. The van der Waals surface area contributed by atoms with Gasteiger partial charge in [-0.05, 0) is 31.0 Å². The molecule has 0 saturated carbocycles. The predicted molar refractivity (Wildman–Crippen MR) is 110 cm³/mol. The Hall–Kier alpha value is -2.53. The van der Waals surface area contributed by atoms with E-state index in [1.807, 2.05) is 48.5 Å². The second kappa shape index (κ2) is 11.9. The smallest absolute Gasteiger partial charge is 0.191 e. The average Bonchev–Trinajstić information content (AvgIpc) is 2.69. The van der Waals surface area contributed by atoms with Crippen molar-refractivity contribution in [3.05, 3.63) is 66.2 Å². The highest BCUT2D eigenvalue weighted by Gasteiger charge is 2.09. The maximum absolute atomic E-state index is 9.66. The van der Waals surface area contributed by atoms with Crippen LogP contribution in [-0.2, 0) is 0 Å². The molecular weight excluding hydrogens is 324 g/mol. The normalized spacial score (nSPS) is 12.5. The van der Waals surface area contributed by atoms with Gasteiger partial charge in [-0.2, -0.15) is 0 Å². The molecular formula is C21H30N4O. The zero-order valence-electron chi connectivity index (χ0n) is 15.5. The third kappa shape index (κ3) is 7.15. The van der Waals surface area contributed by atoms with Crippen LogP contribution in [0.4, 0.5) is 5.69 Å². The largest absolute Gasteiger partial charge is 0.396 e. The van der Waals surface area contributed by atoms with Crippen LogP contribution < -0.4 is 16.0 Å². The van der Waals surface area contributed by atoms with E-state index in [0.717, 1.165) is 43.3 Å². The van der Waals surface area contributed by atoms with E-state index in [0.29, 0.717) is 6.54 Å². The molecule has 2 aromatic carbocycles. The lowest BCUT2D eigenvalue weighted by atomic mass is 10.0. The number of hydrogen-bond donors (Lipinski definition) is 4. The maximum atomic E-state index is 9.66. The molecule has 0 aliphatic rings. The molecule has 0 amide bonds. The van der Waals surface area contributed by atoms with Crippen LogP contribution in [0.2, 0.25) is 0 Å². The van der Waals surface area contributed by atoms with E-state index in [2.05, 4.69) is 40.0 Å². The predicted octanol–water partition coefficient (Wildman–Crippen LogP) is 2.82. The fourth-order valence-electron chi connectivity index (χ4n) is 2.62. The lowest BCUT2D eigenvalue weighted by Gasteiger charge is -2.15. The number of anilines is 1. The Morgan fingerprint density at radius 3 is 2.31 bits per heavy atom. The van der Waals surface area contributed by atoms with Gasteiger partial charge in [0.05, 0.1) is 13.2 Å². The summed E-state index contributed by atoms with van der Waals surface area (Å²) >= 11 is 0. The van der Waals surface area contributed by atoms with Gasteiger partial charge in [-0.3, -0.25) is 4.99 Å². The third-order valence-electron chi connectivity index (χ3n) is 4.05. The summed E-state index contributed by atoms with van der Waals surface area (Å²) in [4.78, 5) is 4.63. The van der Waals surface area contributed by atoms with E-state index >= 15 is 0 Å². The van der Waals surface area contributed by atoms with Gasteiger partial charge in [0, 0.05) is 31.2 Å². The minimum atomic E-state index is 0.0198. The number of aliphatic imine (C=N–C) groups is 1. The van der Waals surface area contributed by atoms with Crippen molar-refractivity contribution >= 4 is 11.6 Å². The molecule has 0 aliphatic carbocycles.